The van der Waals surface area contributed by atoms with Crippen molar-refractivity contribution in [1.29, 1.82) is 0 Å². The average Bonchev–Trinajstić information content (AvgIpc) is 3.09. The standard InChI is InChI=1S/C13H18N2O.ClH/c1-2-15(9-10-7-8-10)13(16)11-5-3-4-6-12(11)14;/h3-6,10H,2,7-9,14H2,1H3;1H. The smallest absolute Gasteiger partial charge is 0.255 e. The van der Waals surface area contributed by atoms with Crippen molar-refractivity contribution in [2.45, 2.75) is 19.8 Å². The summed E-state index contributed by atoms with van der Waals surface area (Å²) in [5.74, 6) is 0.779. The first-order valence-corrected chi connectivity index (χ1v) is 5.86. The minimum absolute atomic E-state index is 0. The summed E-state index contributed by atoms with van der Waals surface area (Å²) in [6.07, 6.45) is 2.52. The molecular weight excluding hydrogens is 236 g/mol. The first-order valence-electron chi connectivity index (χ1n) is 5.86. The van der Waals surface area contributed by atoms with E-state index in [0.29, 0.717) is 17.2 Å². The molecule has 1 aromatic rings. The third-order valence-corrected chi connectivity index (χ3v) is 3.04. The number of rotatable bonds is 4. The van der Waals surface area contributed by atoms with Gasteiger partial charge in [-0.05, 0) is 37.8 Å². The first-order chi connectivity index (χ1) is 7.72. The molecule has 1 aromatic carbocycles. The van der Waals surface area contributed by atoms with E-state index in [0.717, 1.165) is 13.1 Å². The Hall–Kier alpha value is -1.22. The molecule has 94 valence electrons. The predicted octanol–water partition coefficient (Wildman–Crippen LogP) is 2.56. The number of halogens is 1. The zero-order valence-electron chi connectivity index (χ0n) is 10.1. The van der Waals surface area contributed by atoms with E-state index in [1.54, 1.807) is 12.1 Å². The van der Waals surface area contributed by atoms with Gasteiger partial charge in [-0.2, -0.15) is 0 Å². The molecule has 1 aliphatic rings. The van der Waals surface area contributed by atoms with Crippen LogP contribution in [-0.2, 0) is 0 Å². The van der Waals surface area contributed by atoms with Gasteiger partial charge in [0.2, 0.25) is 0 Å². The van der Waals surface area contributed by atoms with Gasteiger partial charge in [0.25, 0.3) is 5.91 Å². The molecule has 0 saturated heterocycles. The van der Waals surface area contributed by atoms with Crippen molar-refractivity contribution in [3.8, 4) is 0 Å². The summed E-state index contributed by atoms with van der Waals surface area (Å²) in [6, 6.07) is 7.28. The molecule has 1 saturated carbocycles. The van der Waals surface area contributed by atoms with Crippen LogP contribution in [0.25, 0.3) is 0 Å². The van der Waals surface area contributed by atoms with E-state index in [4.69, 9.17) is 5.73 Å². The molecule has 0 heterocycles. The van der Waals surface area contributed by atoms with Crippen LogP contribution in [0.2, 0.25) is 0 Å². The number of nitrogens with zero attached hydrogens (tertiary/aromatic N) is 1. The summed E-state index contributed by atoms with van der Waals surface area (Å²) in [7, 11) is 0. The number of hydrogen-bond acceptors (Lipinski definition) is 2. The van der Waals surface area contributed by atoms with Gasteiger partial charge in [-0.1, -0.05) is 12.1 Å². The first kappa shape index (κ1) is 13.8. The number of hydrogen-bond donors (Lipinski definition) is 1. The molecule has 0 radical (unpaired) electrons. The molecule has 1 amide bonds. The lowest BCUT2D eigenvalue weighted by Crippen LogP contribution is -2.33. The topological polar surface area (TPSA) is 46.3 Å². The van der Waals surface area contributed by atoms with Gasteiger partial charge in [0.05, 0.1) is 5.56 Å². The number of nitrogen functional groups attached to an aromatic ring is 1. The quantitative estimate of drug-likeness (QED) is 0.840. The number of carbonyl (C=O) groups is 1. The van der Waals surface area contributed by atoms with E-state index in [9.17, 15) is 4.79 Å². The van der Waals surface area contributed by atoms with Crippen LogP contribution in [0.15, 0.2) is 24.3 Å². The molecule has 17 heavy (non-hydrogen) atoms. The Labute approximate surface area is 108 Å². The third-order valence-electron chi connectivity index (χ3n) is 3.04. The summed E-state index contributed by atoms with van der Waals surface area (Å²) in [4.78, 5) is 14.1. The largest absolute Gasteiger partial charge is 0.398 e. The fraction of sp³-hybridized carbons (Fsp3) is 0.462. The normalized spacial score (nSPS) is 13.9. The average molecular weight is 255 g/mol. The van der Waals surface area contributed by atoms with Crippen LogP contribution in [0, 0.1) is 5.92 Å². The molecule has 0 spiro atoms. The highest BCUT2D eigenvalue weighted by Crippen LogP contribution is 2.30. The van der Waals surface area contributed by atoms with Crippen LogP contribution >= 0.6 is 12.4 Å². The number of anilines is 1. The molecule has 0 aromatic heterocycles. The van der Waals surface area contributed by atoms with Crippen molar-refractivity contribution in [1.82, 2.24) is 4.90 Å². The Morgan fingerprint density at radius 1 is 1.41 bits per heavy atom. The van der Waals surface area contributed by atoms with Gasteiger partial charge < -0.3 is 10.6 Å². The van der Waals surface area contributed by atoms with Crippen LogP contribution in [-0.4, -0.2) is 23.9 Å². The summed E-state index contributed by atoms with van der Waals surface area (Å²) in [5.41, 5.74) is 7.01. The van der Waals surface area contributed by atoms with E-state index < -0.39 is 0 Å². The molecule has 0 atom stereocenters. The van der Waals surface area contributed by atoms with Crippen LogP contribution in [0.3, 0.4) is 0 Å². The SMILES string of the molecule is CCN(CC1CC1)C(=O)c1ccccc1N.Cl. The lowest BCUT2D eigenvalue weighted by atomic mass is 10.1. The monoisotopic (exact) mass is 254 g/mol. The summed E-state index contributed by atoms with van der Waals surface area (Å²) < 4.78 is 0. The molecule has 0 aliphatic heterocycles. The molecule has 0 unspecified atom stereocenters. The molecular formula is C13H19ClN2O. The molecule has 1 aliphatic carbocycles. The van der Waals surface area contributed by atoms with Gasteiger partial charge >= 0.3 is 0 Å². The highest BCUT2D eigenvalue weighted by Gasteiger charge is 2.26. The number of para-hydroxylation sites is 1. The fourth-order valence-electron chi connectivity index (χ4n) is 1.83. The minimum atomic E-state index is 0. The second-order valence-corrected chi connectivity index (χ2v) is 4.37. The lowest BCUT2D eigenvalue weighted by Gasteiger charge is -2.21. The minimum Gasteiger partial charge on any atom is -0.398 e. The Bertz CT molecular complexity index is 391. The van der Waals surface area contributed by atoms with Crippen LogP contribution in [0.1, 0.15) is 30.1 Å². The van der Waals surface area contributed by atoms with Gasteiger partial charge in [0.1, 0.15) is 0 Å². The fourth-order valence-corrected chi connectivity index (χ4v) is 1.83. The van der Waals surface area contributed by atoms with Crippen molar-refractivity contribution in [3.63, 3.8) is 0 Å². The van der Waals surface area contributed by atoms with Crippen molar-refractivity contribution >= 4 is 24.0 Å². The molecule has 2 N–H and O–H groups in total. The maximum atomic E-state index is 12.2. The van der Waals surface area contributed by atoms with Gasteiger partial charge in [0.15, 0.2) is 0 Å². The van der Waals surface area contributed by atoms with E-state index in [2.05, 4.69) is 0 Å². The number of amides is 1. The summed E-state index contributed by atoms with van der Waals surface area (Å²) in [5, 5.41) is 0. The van der Waals surface area contributed by atoms with Crippen molar-refractivity contribution in [2.24, 2.45) is 5.92 Å². The predicted molar refractivity (Wildman–Crippen MR) is 72.4 cm³/mol. The number of carbonyl (C=O) groups excluding carboxylic acids is 1. The van der Waals surface area contributed by atoms with Crippen molar-refractivity contribution < 1.29 is 4.79 Å². The molecule has 2 rings (SSSR count). The van der Waals surface area contributed by atoms with E-state index in [1.807, 2.05) is 24.0 Å². The maximum absolute atomic E-state index is 12.2. The van der Waals surface area contributed by atoms with Crippen molar-refractivity contribution in [3.05, 3.63) is 29.8 Å². The zero-order chi connectivity index (χ0) is 11.5. The molecule has 0 bridgehead atoms. The summed E-state index contributed by atoms with van der Waals surface area (Å²) in [6.45, 7) is 3.65. The van der Waals surface area contributed by atoms with Crippen molar-refractivity contribution in [2.75, 3.05) is 18.8 Å². The van der Waals surface area contributed by atoms with Crippen LogP contribution in [0.5, 0.6) is 0 Å². The Kier molecular flexibility index (Phi) is 4.82. The Morgan fingerprint density at radius 3 is 2.59 bits per heavy atom. The Morgan fingerprint density at radius 2 is 2.06 bits per heavy atom. The lowest BCUT2D eigenvalue weighted by molar-refractivity contribution is 0.0758. The van der Waals surface area contributed by atoms with Crippen LogP contribution < -0.4 is 5.73 Å². The van der Waals surface area contributed by atoms with Gasteiger partial charge in [-0.15, -0.1) is 12.4 Å². The second-order valence-electron chi connectivity index (χ2n) is 4.37. The highest BCUT2D eigenvalue weighted by molar-refractivity contribution is 5.99. The summed E-state index contributed by atoms with van der Waals surface area (Å²) >= 11 is 0. The molecule has 4 heteroatoms. The molecule has 3 nitrogen and oxygen atoms in total. The van der Waals surface area contributed by atoms with E-state index in [-0.39, 0.29) is 18.3 Å². The van der Waals surface area contributed by atoms with Gasteiger partial charge in [-0.3, -0.25) is 4.79 Å². The molecule has 1 fully saturated rings. The maximum Gasteiger partial charge on any atom is 0.255 e. The Balaban J connectivity index is 0.00000144. The number of nitrogens with two attached hydrogens (primary N) is 1. The second kappa shape index (κ2) is 5.92. The van der Waals surface area contributed by atoms with Crippen LogP contribution in [0.4, 0.5) is 5.69 Å². The van der Waals surface area contributed by atoms with E-state index >= 15 is 0 Å². The van der Waals surface area contributed by atoms with E-state index in [1.165, 1.54) is 12.8 Å². The highest BCUT2D eigenvalue weighted by atomic mass is 35.5. The van der Waals surface area contributed by atoms with Gasteiger partial charge in [0, 0.05) is 18.8 Å². The van der Waals surface area contributed by atoms with Gasteiger partial charge in [-0.25, -0.2) is 0 Å². The third kappa shape index (κ3) is 3.37. The number of benzene rings is 1. The zero-order valence-corrected chi connectivity index (χ0v) is 10.9.